The van der Waals surface area contributed by atoms with Crippen LogP contribution in [0.25, 0.3) is 4.96 Å². The molecule has 0 bridgehead atoms. The van der Waals surface area contributed by atoms with Gasteiger partial charge in [-0.25, -0.2) is 4.98 Å². The van der Waals surface area contributed by atoms with Gasteiger partial charge in [-0.3, -0.25) is 15.7 Å². The van der Waals surface area contributed by atoms with Gasteiger partial charge in [0.2, 0.25) is 0 Å². The van der Waals surface area contributed by atoms with E-state index < -0.39 is 0 Å². The van der Waals surface area contributed by atoms with E-state index in [-0.39, 0.29) is 6.04 Å². The van der Waals surface area contributed by atoms with E-state index in [1.807, 2.05) is 16.0 Å². The van der Waals surface area contributed by atoms with Crippen LogP contribution in [0.15, 0.2) is 29.9 Å². The average molecular weight is 278 g/mol. The number of rotatable bonds is 4. The summed E-state index contributed by atoms with van der Waals surface area (Å²) < 4.78 is 2.05. The van der Waals surface area contributed by atoms with Crippen molar-refractivity contribution in [3.8, 4) is 0 Å². The number of thiophene rings is 1. The molecule has 3 aromatic rings. The first-order chi connectivity index (χ1) is 8.76. The normalized spacial score (nSPS) is 13.2. The van der Waals surface area contributed by atoms with Crippen molar-refractivity contribution in [3.05, 3.63) is 45.4 Å². The lowest BCUT2D eigenvalue weighted by Gasteiger charge is -2.12. The quantitative estimate of drug-likeness (QED) is 0.569. The van der Waals surface area contributed by atoms with Crippen molar-refractivity contribution >= 4 is 27.6 Å². The fourth-order valence-corrected chi connectivity index (χ4v) is 3.62. The van der Waals surface area contributed by atoms with Gasteiger partial charge in [0.1, 0.15) is 0 Å². The van der Waals surface area contributed by atoms with E-state index in [2.05, 4.69) is 35.7 Å². The van der Waals surface area contributed by atoms with Gasteiger partial charge in [-0.05, 0) is 19.1 Å². The lowest BCUT2D eigenvalue weighted by molar-refractivity contribution is 0.555. The number of nitrogens with one attached hydrogen (secondary N) is 1. The summed E-state index contributed by atoms with van der Waals surface area (Å²) in [5, 5.41) is 2.04. The Morgan fingerprint density at radius 2 is 2.39 bits per heavy atom. The number of imidazole rings is 1. The summed E-state index contributed by atoms with van der Waals surface area (Å²) in [5.74, 6) is 5.66. The van der Waals surface area contributed by atoms with E-state index in [1.165, 1.54) is 9.75 Å². The molecule has 0 saturated carbocycles. The molecule has 1 unspecified atom stereocenters. The number of aryl methyl sites for hydroxylation is 1. The zero-order valence-corrected chi connectivity index (χ0v) is 11.6. The second-order valence-corrected chi connectivity index (χ2v) is 6.39. The lowest BCUT2D eigenvalue weighted by Crippen LogP contribution is -2.29. The molecule has 0 radical (unpaired) electrons. The standard InChI is InChI=1S/C12H14N4S2/c1-8-2-3-11(18-8)10(15-13)6-9-7-16-4-5-17-12(16)14-9/h2-5,7,10,15H,6,13H2,1H3. The van der Waals surface area contributed by atoms with Crippen molar-refractivity contribution < 1.29 is 0 Å². The van der Waals surface area contributed by atoms with Crippen molar-refractivity contribution in [1.82, 2.24) is 14.8 Å². The van der Waals surface area contributed by atoms with Crippen LogP contribution in [0.1, 0.15) is 21.5 Å². The van der Waals surface area contributed by atoms with Crippen molar-refractivity contribution in [2.75, 3.05) is 0 Å². The Labute approximate surface area is 113 Å². The second-order valence-electron chi connectivity index (χ2n) is 4.20. The van der Waals surface area contributed by atoms with Gasteiger partial charge in [-0.2, -0.15) is 0 Å². The Bertz CT molecular complexity index is 623. The predicted molar refractivity (Wildman–Crippen MR) is 75.9 cm³/mol. The van der Waals surface area contributed by atoms with Crippen LogP contribution in [0.2, 0.25) is 0 Å². The number of fused-ring (bicyclic) bond motifs is 1. The molecule has 3 heterocycles. The van der Waals surface area contributed by atoms with Gasteiger partial charge < -0.3 is 0 Å². The third-order valence-electron chi connectivity index (χ3n) is 2.86. The van der Waals surface area contributed by atoms with Crippen LogP contribution in [0.5, 0.6) is 0 Å². The molecule has 6 heteroatoms. The topological polar surface area (TPSA) is 55.3 Å². The fraction of sp³-hybridized carbons (Fsp3) is 0.250. The Hall–Kier alpha value is -1.21. The van der Waals surface area contributed by atoms with Gasteiger partial charge in [0.05, 0.1) is 11.7 Å². The number of hydrogen-bond donors (Lipinski definition) is 2. The largest absolute Gasteiger partial charge is 0.297 e. The van der Waals surface area contributed by atoms with Crippen molar-refractivity contribution in [1.29, 1.82) is 0 Å². The molecule has 4 nitrogen and oxygen atoms in total. The summed E-state index contributed by atoms with van der Waals surface area (Å²) in [6.07, 6.45) is 4.90. The van der Waals surface area contributed by atoms with E-state index in [4.69, 9.17) is 5.84 Å². The van der Waals surface area contributed by atoms with Crippen molar-refractivity contribution in [2.45, 2.75) is 19.4 Å². The molecule has 18 heavy (non-hydrogen) atoms. The first-order valence-electron chi connectivity index (χ1n) is 5.70. The van der Waals surface area contributed by atoms with Gasteiger partial charge in [0, 0.05) is 33.9 Å². The zero-order chi connectivity index (χ0) is 12.5. The summed E-state index contributed by atoms with van der Waals surface area (Å²) in [7, 11) is 0. The van der Waals surface area contributed by atoms with Crippen LogP contribution >= 0.6 is 22.7 Å². The molecule has 0 amide bonds. The molecule has 3 aromatic heterocycles. The third-order valence-corrected chi connectivity index (χ3v) is 4.75. The molecule has 0 aliphatic heterocycles. The minimum absolute atomic E-state index is 0.133. The van der Waals surface area contributed by atoms with Crippen molar-refractivity contribution in [3.63, 3.8) is 0 Å². The van der Waals surface area contributed by atoms with Crippen LogP contribution in [0.4, 0.5) is 0 Å². The molecule has 94 valence electrons. The maximum atomic E-state index is 5.66. The summed E-state index contributed by atoms with van der Waals surface area (Å²) in [5.41, 5.74) is 3.95. The summed E-state index contributed by atoms with van der Waals surface area (Å²) >= 11 is 3.42. The molecule has 1 atom stereocenters. The highest BCUT2D eigenvalue weighted by Gasteiger charge is 2.14. The zero-order valence-electron chi connectivity index (χ0n) is 9.96. The Morgan fingerprint density at radius 3 is 3.06 bits per heavy atom. The van der Waals surface area contributed by atoms with E-state index in [0.717, 1.165) is 17.1 Å². The Balaban J connectivity index is 1.83. The SMILES string of the molecule is Cc1ccc(C(Cc2cn3ccsc3n2)NN)s1. The number of thiazole rings is 1. The number of nitrogens with zero attached hydrogens (tertiary/aromatic N) is 2. The Kier molecular flexibility index (Phi) is 3.17. The number of nitrogens with two attached hydrogens (primary N) is 1. The number of hydrogen-bond acceptors (Lipinski definition) is 5. The average Bonchev–Trinajstić information content (AvgIpc) is 3.00. The fourth-order valence-electron chi connectivity index (χ4n) is 1.97. The first kappa shape index (κ1) is 11.9. The van der Waals surface area contributed by atoms with Crippen LogP contribution in [0.3, 0.4) is 0 Å². The molecule has 3 N–H and O–H groups in total. The van der Waals surface area contributed by atoms with E-state index in [0.29, 0.717) is 0 Å². The monoisotopic (exact) mass is 278 g/mol. The van der Waals surface area contributed by atoms with Gasteiger partial charge in [0.15, 0.2) is 4.96 Å². The summed E-state index contributed by atoms with van der Waals surface area (Å²) in [6, 6.07) is 4.38. The van der Waals surface area contributed by atoms with Crippen LogP contribution in [-0.2, 0) is 6.42 Å². The van der Waals surface area contributed by atoms with Gasteiger partial charge in [0.25, 0.3) is 0 Å². The number of aromatic nitrogens is 2. The maximum Gasteiger partial charge on any atom is 0.193 e. The minimum Gasteiger partial charge on any atom is -0.297 e. The number of hydrazine groups is 1. The molecule has 0 fully saturated rings. The molecule has 0 aliphatic rings. The molecular weight excluding hydrogens is 264 g/mol. The second kappa shape index (κ2) is 4.81. The smallest absolute Gasteiger partial charge is 0.193 e. The minimum atomic E-state index is 0.133. The van der Waals surface area contributed by atoms with Crippen LogP contribution in [0, 0.1) is 6.92 Å². The third kappa shape index (κ3) is 2.20. The van der Waals surface area contributed by atoms with E-state index in [9.17, 15) is 0 Å². The molecule has 0 aromatic carbocycles. The Morgan fingerprint density at radius 1 is 1.50 bits per heavy atom. The van der Waals surface area contributed by atoms with E-state index in [1.54, 1.807) is 22.7 Å². The summed E-state index contributed by atoms with van der Waals surface area (Å²) in [4.78, 5) is 8.17. The van der Waals surface area contributed by atoms with Gasteiger partial charge >= 0.3 is 0 Å². The highest BCUT2D eigenvalue weighted by Crippen LogP contribution is 2.25. The van der Waals surface area contributed by atoms with E-state index >= 15 is 0 Å². The maximum absolute atomic E-state index is 5.66. The van der Waals surface area contributed by atoms with Crippen molar-refractivity contribution in [2.24, 2.45) is 5.84 Å². The first-order valence-corrected chi connectivity index (χ1v) is 7.39. The molecule has 0 spiro atoms. The molecule has 3 rings (SSSR count). The summed E-state index contributed by atoms with van der Waals surface area (Å²) in [6.45, 7) is 2.11. The predicted octanol–water partition coefficient (Wildman–Crippen LogP) is 2.51. The molecule has 0 saturated heterocycles. The van der Waals surface area contributed by atoms with Gasteiger partial charge in [-0.1, -0.05) is 0 Å². The molecule has 0 aliphatic carbocycles. The van der Waals surface area contributed by atoms with Crippen LogP contribution < -0.4 is 11.3 Å². The molecular formula is C12H14N4S2. The lowest BCUT2D eigenvalue weighted by atomic mass is 10.1. The highest BCUT2D eigenvalue weighted by atomic mass is 32.1. The highest BCUT2D eigenvalue weighted by molar-refractivity contribution is 7.15. The van der Waals surface area contributed by atoms with Gasteiger partial charge in [-0.15, -0.1) is 22.7 Å². The van der Waals surface area contributed by atoms with Crippen LogP contribution in [-0.4, -0.2) is 9.38 Å².